The third-order valence-electron chi connectivity index (χ3n) is 3.13. The Bertz CT molecular complexity index is 360. The van der Waals surface area contributed by atoms with Gasteiger partial charge in [0.1, 0.15) is 11.4 Å². The van der Waals surface area contributed by atoms with Crippen molar-refractivity contribution in [2.75, 3.05) is 6.61 Å². The molecule has 0 aromatic carbocycles. The Morgan fingerprint density at radius 3 is 2.74 bits per heavy atom. The number of aliphatic hydroxyl groups excluding tert-OH is 1. The highest BCUT2D eigenvalue weighted by Crippen LogP contribution is 2.34. The maximum Gasteiger partial charge on any atom is 0.408 e. The van der Waals surface area contributed by atoms with Gasteiger partial charge in [0.15, 0.2) is 0 Å². The molecule has 0 unspecified atom stereocenters. The third kappa shape index (κ3) is 4.82. The molecule has 1 fully saturated rings. The number of halogens is 1. The SMILES string of the molecule is C[C@H](NC(=O)OC(C)(C)C)/C(F)=C1\CCC[C@@H]1CO. The molecule has 2 N–H and O–H groups in total. The van der Waals surface area contributed by atoms with Gasteiger partial charge in [0, 0.05) is 12.5 Å². The summed E-state index contributed by atoms with van der Waals surface area (Å²) in [5.74, 6) is -0.453. The highest BCUT2D eigenvalue weighted by molar-refractivity contribution is 5.68. The fourth-order valence-electron chi connectivity index (χ4n) is 2.26. The van der Waals surface area contributed by atoms with Crippen LogP contribution in [0.15, 0.2) is 11.4 Å². The normalized spacial score (nSPS) is 24.0. The second-order valence-electron chi connectivity index (χ2n) is 6.01. The van der Waals surface area contributed by atoms with E-state index in [0.29, 0.717) is 12.0 Å². The van der Waals surface area contributed by atoms with Crippen LogP contribution >= 0.6 is 0 Å². The highest BCUT2D eigenvalue weighted by atomic mass is 19.1. The van der Waals surface area contributed by atoms with Gasteiger partial charge < -0.3 is 15.2 Å². The van der Waals surface area contributed by atoms with E-state index in [0.717, 1.165) is 12.8 Å². The van der Waals surface area contributed by atoms with Crippen LogP contribution in [-0.2, 0) is 4.74 Å². The Morgan fingerprint density at radius 1 is 1.58 bits per heavy atom. The highest BCUT2D eigenvalue weighted by Gasteiger charge is 2.27. The molecule has 1 rings (SSSR count). The van der Waals surface area contributed by atoms with Crippen LogP contribution in [0.5, 0.6) is 0 Å². The van der Waals surface area contributed by atoms with Crippen LogP contribution in [0.25, 0.3) is 0 Å². The number of hydrogen-bond acceptors (Lipinski definition) is 3. The van der Waals surface area contributed by atoms with Crippen molar-refractivity contribution in [1.29, 1.82) is 0 Å². The molecule has 0 saturated heterocycles. The molecule has 0 aliphatic heterocycles. The molecule has 0 aromatic heterocycles. The maximum atomic E-state index is 14.2. The van der Waals surface area contributed by atoms with Crippen LogP contribution in [-0.4, -0.2) is 29.4 Å². The second-order valence-corrected chi connectivity index (χ2v) is 6.01. The summed E-state index contributed by atoms with van der Waals surface area (Å²) in [7, 11) is 0. The lowest BCUT2D eigenvalue weighted by Crippen LogP contribution is -2.38. The summed E-state index contributed by atoms with van der Waals surface area (Å²) in [6.45, 7) is 6.81. The van der Waals surface area contributed by atoms with Crippen LogP contribution in [0.3, 0.4) is 0 Å². The van der Waals surface area contributed by atoms with E-state index in [2.05, 4.69) is 5.32 Å². The number of rotatable bonds is 3. The van der Waals surface area contributed by atoms with Crippen LogP contribution < -0.4 is 5.32 Å². The van der Waals surface area contributed by atoms with Crippen LogP contribution in [0.4, 0.5) is 9.18 Å². The Hall–Kier alpha value is -1.10. The lowest BCUT2D eigenvalue weighted by molar-refractivity contribution is 0.0510. The largest absolute Gasteiger partial charge is 0.444 e. The fourth-order valence-corrected chi connectivity index (χ4v) is 2.26. The summed E-state index contributed by atoms with van der Waals surface area (Å²) in [5.41, 5.74) is 0.0278. The van der Waals surface area contributed by atoms with E-state index in [1.807, 2.05) is 0 Å². The Morgan fingerprint density at radius 2 is 2.21 bits per heavy atom. The zero-order valence-corrected chi connectivity index (χ0v) is 12.1. The number of carbonyl (C=O) groups excluding carboxylic acids is 1. The van der Waals surface area contributed by atoms with Crippen molar-refractivity contribution in [2.24, 2.45) is 5.92 Å². The minimum Gasteiger partial charge on any atom is -0.444 e. The average molecular weight is 273 g/mol. The van der Waals surface area contributed by atoms with Crippen molar-refractivity contribution in [3.05, 3.63) is 11.4 Å². The zero-order chi connectivity index (χ0) is 14.6. The molecule has 1 aliphatic rings. The molecule has 0 heterocycles. The van der Waals surface area contributed by atoms with E-state index in [1.54, 1.807) is 27.7 Å². The molecule has 110 valence electrons. The van der Waals surface area contributed by atoms with Crippen molar-refractivity contribution in [1.82, 2.24) is 5.32 Å². The fraction of sp³-hybridized carbons (Fsp3) is 0.786. The van der Waals surface area contributed by atoms with Crippen molar-refractivity contribution in [2.45, 2.75) is 58.6 Å². The third-order valence-corrected chi connectivity index (χ3v) is 3.13. The maximum absolute atomic E-state index is 14.2. The van der Waals surface area contributed by atoms with Crippen molar-refractivity contribution < 1.29 is 19.0 Å². The second kappa shape index (κ2) is 6.37. The minimum absolute atomic E-state index is 0.0398. The van der Waals surface area contributed by atoms with E-state index in [1.165, 1.54) is 0 Å². The number of nitrogens with one attached hydrogen (secondary N) is 1. The first-order valence-corrected chi connectivity index (χ1v) is 6.73. The van der Waals surface area contributed by atoms with Gasteiger partial charge in [-0.3, -0.25) is 0 Å². The molecule has 1 amide bonds. The topological polar surface area (TPSA) is 58.6 Å². The molecule has 2 atom stereocenters. The van der Waals surface area contributed by atoms with E-state index < -0.39 is 17.7 Å². The van der Waals surface area contributed by atoms with E-state index in [-0.39, 0.29) is 18.4 Å². The van der Waals surface area contributed by atoms with Gasteiger partial charge in [0.2, 0.25) is 0 Å². The summed E-state index contributed by atoms with van der Waals surface area (Å²) in [6, 6.07) is -0.725. The van der Waals surface area contributed by atoms with E-state index >= 15 is 0 Å². The molecular formula is C14H24FNO3. The van der Waals surface area contributed by atoms with Crippen molar-refractivity contribution >= 4 is 6.09 Å². The quantitative estimate of drug-likeness (QED) is 0.831. The van der Waals surface area contributed by atoms with Crippen molar-refractivity contribution in [3.63, 3.8) is 0 Å². The molecule has 5 heteroatoms. The van der Waals surface area contributed by atoms with Gasteiger partial charge in [0.05, 0.1) is 6.04 Å². The summed E-state index contributed by atoms with van der Waals surface area (Å²) in [6.07, 6.45) is 1.71. The molecule has 0 aromatic rings. The number of ether oxygens (including phenoxy) is 1. The van der Waals surface area contributed by atoms with Gasteiger partial charge in [-0.25, -0.2) is 9.18 Å². The van der Waals surface area contributed by atoms with Crippen LogP contribution in [0.1, 0.15) is 47.0 Å². The lowest BCUT2D eigenvalue weighted by atomic mass is 10.0. The van der Waals surface area contributed by atoms with E-state index in [4.69, 9.17) is 4.74 Å². The molecule has 1 aliphatic carbocycles. The Balaban J connectivity index is 2.64. The first-order chi connectivity index (χ1) is 8.74. The molecule has 0 bridgehead atoms. The monoisotopic (exact) mass is 273 g/mol. The van der Waals surface area contributed by atoms with Gasteiger partial charge in [-0.2, -0.15) is 0 Å². The minimum atomic E-state index is -0.725. The molecular weight excluding hydrogens is 249 g/mol. The van der Waals surface area contributed by atoms with E-state index in [9.17, 15) is 14.3 Å². The summed E-state index contributed by atoms with van der Waals surface area (Å²) in [5, 5.41) is 11.7. The molecule has 4 nitrogen and oxygen atoms in total. The molecule has 0 spiro atoms. The van der Waals surface area contributed by atoms with Crippen LogP contribution in [0.2, 0.25) is 0 Å². The van der Waals surface area contributed by atoms with Crippen LogP contribution in [0, 0.1) is 5.92 Å². The summed E-state index contributed by atoms with van der Waals surface area (Å²) >= 11 is 0. The lowest BCUT2D eigenvalue weighted by Gasteiger charge is -2.22. The Labute approximate surface area is 114 Å². The van der Waals surface area contributed by atoms with Gasteiger partial charge in [0.25, 0.3) is 0 Å². The van der Waals surface area contributed by atoms with Gasteiger partial charge in [-0.15, -0.1) is 0 Å². The molecule has 1 saturated carbocycles. The number of amides is 1. The summed E-state index contributed by atoms with van der Waals surface area (Å²) < 4.78 is 19.3. The predicted molar refractivity (Wildman–Crippen MR) is 71.4 cm³/mol. The van der Waals surface area contributed by atoms with Gasteiger partial charge >= 0.3 is 6.09 Å². The molecule has 0 radical (unpaired) electrons. The standard InChI is InChI=1S/C14H24FNO3/c1-9(16-13(18)19-14(2,3)4)12(15)11-7-5-6-10(11)8-17/h9-10,17H,5-8H2,1-4H3,(H,16,18)/b12-11-/t9-,10+/m0/s1. The van der Waals surface area contributed by atoms with Gasteiger partial charge in [-0.05, 0) is 52.5 Å². The first kappa shape index (κ1) is 16.0. The molecule has 19 heavy (non-hydrogen) atoms. The number of alkyl carbamates (subject to hydrolysis) is 1. The average Bonchev–Trinajstić information content (AvgIpc) is 2.72. The van der Waals surface area contributed by atoms with Gasteiger partial charge in [-0.1, -0.05) is 0 Å². The number of hydrogen-bond donors (Lipinski definition) is 2. The zero-order valence-electron chi connectivity index (χ0n) is 12.1. The van der Waals surface area contributed by atoms with Crippen molar-refractivity contribution in [3.8, 4) is 0 Å². The smallest absolute Gasteiger partial charge is 0.408 e. The summed E-state index contributed by atoms with van der Waals surface area (Å²) in [4.78, 5) is 11.6. The Kier molecular flexibility index (Phi) is 5.35. The predicted octanol–water partition coefficient (Wildman–Crippen LogP) is 2.92. The number of carbonyl (C=O) groups is 1. The first-order valence-electron chi connectivity index (χ1n) is 6.73. The number of aliphatic hydroxyl groups is 1.